The third-order valence-electron chi connectivity index (χ3n) is 5.45. The first kappa shape index (κ1) is 22.3. The van der Waals surface area contributed by atoms with Gasteiger partial charge in [-0.3, -0.25) is 9.59 Å². The Labute approximate surface area is 191 Å². The summed E-state index contributed by atoms with van der Waals surface area (Å²) in [6.07, 6.45) is 1.72. The highest BCUT2D eigenvalue weighted by Crippen LogP contribution is 2.28. The van der Waals surface area contributed by atoms with Crippen molar-refractivity contribution in [3.8, 4) is 22.9 Å². The van der Waals surface area contributed by atoms with Crippen LogP contribution >= 0.6 is 0 Å². The van der Waals surface area contributed by atoms with Crippen molar-refractivity contribution in [1.29, 1.82) is 0 Å². The van der Waals surface area contributed by atoms with Crippen molar-refractivity contribution in [1.82, 2.24) is 15.0 Å². The van der Waals surface area contributed by atoms with Gasteiger partial charge < -0.3 is 24.2 Å². The molecule has 2 amide bonds. The van der Waals surface area contributed by atoms with Crippen molar-refractivity contribution in [3.63, 3.8) is 0 Å². The van der Waals surface area contributed by atoms with Crippen LogP contribution in [-0.4, -0.2) is 53.7 Å². The number of methoxy groups -OCH3 is 1. The van der Waals surface area contributed by atoms with Crippen LogP contribution < -0.4 is 14.8 Å². The molecule has 1 atom stereocenters. The maximum absolute atomic E-state index is 12.7. The fraction of sp³-hybridized carbons (Fsp3) is 0.333. The summed E-state index contributed by atoms with van der Waals surface area (Å²) in [6.45, 7) is 2.61. The molecule has 0 radical (unpaired) electrons. The van der Waals surface area contributed by atoms with Crippen molar-refractivity contribution in [2.75, 3.05) is 32.1 Å². The average Bonchev–Trinajstić information content (AvgIpc) is 3.33. The Balaban J connectivity index is 1.34. The SMILES string of the molecule is COc1ccc(OCC(=O)N2CCC[C@H](c3nc(-c4ccc(NC(C)=O)cc4)no3)C2)cc1. The Kier molecular flexibility index (Phi) is 6.87. The third kappa shape index (κ3) is 5.68. The summed E-state index contributed by atoms with van der Waals surface area (Å²) in [4.78, 5) is 30.2. The van der Waals surface area contributed by atoms with Crippen LogP contribution in [0.5, 0.6) is 11.5 Å². The minimum Gasteiger partial charge on any atom is -0.497 e. The zero-order chi connectivity index (χ0) is 23.2. The van der Waals surface area contributed by atoms with Crippen molar-refractivity contribution in [2.45, 2.75) is 25.7 Å². The van der Waals surface area contributed by atoms with E-state index in [4.69, 9.17) is 14.0 Å². The number of ether oxygens (including phenoxy) is 2. The van der Waals surface area contributed by atoms with E-state index in [2.05, 4.69) is 15.5 Å². The quantitative estimate of drug-likeness (QED) is 0.587. The van der Waals surface area contributed by atoms with Gasteiger partial charge in [-0.15, -0.1) is 0 Å². The fourth-order valence-corrected chi connectivity index (χ4v) is 3.74. The number of nitrogens with one attached hydrogen (secondary N) is 1. The van der Waals surface area contributed by atoms with E-state index in [0.29, 0.717) is 36.2 Å². The van der Waals surface area contributed by atoms with Crippen molar-refractivity contribution >= 4 is 17.5 Å². The van der Waals surface area contributed by atoms with E-state index < -0.39 is 0 Å². The summed E-state index contributed by atoms with van der Waals surface area (Å²) in [6, 6.07) is 14.4. The number of likely N-dealkylation sites (tertiary alicyclic amines) is 1. The highest BCUT2D eigenvalue weighted by molar-refractivity contribution is 5.88. The number of benzene rings is 2. The molecule has 0 saturated carbocycles. The molecular weight excluding hydrogens is 424 g/mol. The molecule has 1 aliphatic rings. The van der Waals surface area contributed by atoms with E-state index >= 15 is 0 Å². The standard InChI is InChI=1S/C24H26N4O5/c1-16(29)25-19-7-5-17(6-8-19)23-26-24(33-27-23)18-4-3-13-28(14-18)22(30)15-32-21-11-9-20(31-2)10-12-21/h5-12,18H,3-4,13-15H2,1-2H3,(H,25,29)/t18-/m0/s1. The molecule has 0 unspecified atom stereocenters. The van der Waals surface area contributed by atoms with E-state index in [1.54, 1.807) is 48.4 Å². The van der Waals surface area contributed by atoms with Crippen molar-refractivity contribution in [2.24, 2.45) is 0 Å². The largest absolute Gasteiger partial charge is 0.497 e. The summed E-state index contributed by atoms with van der Waals surface area (Å²) >= 11 is 0. The van der Waals surface area contributed by atoms with Gasteiger partial charge in [0, 0.05) is 31.3 Å². The minimum atomic E-state index is -0.129. The summed E-state index contributed by atoms with van der Waals surface area (Å²) in [5, 5.41) is 6.83. The zero-order valence-corrected chi connectivity index (χ0v) is 18.6. The molecule has 9 nitrogen and oxygen atoms in total. The Bertz CT molecular complexity index is 1090. The van der Waals surface area contributed by atoms with Gasteiger partial charge in [-0.1, -0.05) is 5.16 Å². The van der Waals surface area contributed by atoms with Gasteiger partial charge in [0.2, 0.25) is 17.6 Å². The molecular formula is C24H26N4O5. The Hall–Kier alpha value is -3.88. The molecule has 9 heteroatoms. The van der Waals surface area contributed by atoms with Gasteiger partial charge in [-0.05, 0) is 61.4 Å². The minimum absolute atomic E-state index is 0.0245. The van der Waals surface area contributed by atoms with Gasteiger partial charge in [-0.25, -0.2) is 0 Å². The highest BCUT2D eigenvalue weighted by Gasteiger charge is 2.29. The van der Waals surface area contributed by atoms with E-state index in [0.717, 1.165) is 24.2 Å². The summed E-state index contributed by atoms with van der Waals surface area (Å²) in [5.41, 5.74) is 1.49. The number of hydrogen-bond acceptors (Lipinski definition) is 7. The topological polar surface area (TPSA) is 107 Å². The van der Waals surface area contributed by atoms with Crippen LogP contribution in [-0.2, 0) is 9.59 Å². The summed E-state index contributed by atoms with van der Waals surface area (Å²) < 4.78 is 16.3. The molecule has 2 aromatic carbocycles. The second-order valence-corrected chi connectivity index (χ2v) is 7.86. The molecule has 0 aliphatic carbocycles. The lowest BCUT2D eigenvalue weighted by Gasteiger charge is -2.30. The first-order chi connectivity index (χ1) is 16.0. The number of hydrogen-bond donors (Lipinski definition) is 1. The Morgan fingerprint density at radius 2 is 1.85 bits per heavy atom. The number of carbonyl (C=O) groups excluding carboxylic acids is 2. The number of aromatic nitrogens is 2. The second kappa shape index (κ2) is 10.2. The van der Waals surface area contributed by atoms with E-state index in [-0.39, 0.29) is 24.3 Å². The van der Waals surface area contributed by atoms with Gasteiger partial charge in [-0.2, -0.15) is 4.98 Å². The number of nitrogens with zero attached hydrogens (tertiary/aromatic N) is 3. The number of carbonyl (C=O) groups is 2. The van der Waals surface area contributed by atoms with Crippen LogP contribution in [0.1, 0.15) is 31.6 Å². The van der Waals surface area contributed by atoms with Gasteiger partial charge in [0.1, 0.15) is 11.5 Å². The third-order valence-corrected chi connectivity index (χ3v) is 5.45. The monoisotopic (exact) mass is 450 g/mol. The number of anilines is 1. The summed E-state index contributed by atoms with van der Waals surface area (Å²) in [5.74, 6) is 2.11. The van der Waals surface area contributed by atoms with Gasteiger partial charge in [0.25, 0.3) is 5.91 Å². The predicted molar refractivity (Wildman–Crippen MR) is 121 cm³/mol. The van der Waals surface area contributed by atoms with Crippen LogP contribution in [0.25, 0.3) is 11.4 Å². The number of rotatable bonds is 7. The molecule has 1 fully saturated rings. The number of piperidine rings is 1. The summed E-state index contributed by atoms with van der Waals surface area (Å²) in [7, 11) is 1.60. The van der Waals surface area contributed by atoms with Gasteiger partial charge in [0.05, 0.1) is 13.0 Å². The molecule has 172 valence electrons. The normalized spacial score (nSPS) is 15.7. The van der Waals surface area contributed by atoms with Crippen LogP contribution in [0.4, 0.5) is 5.69 Å². The van der Waals surface area contributed by atoms with Gasteiger partial charge in [0.15, 0.2) is 6.61 Å². The Morgan fingerprint density at radius 1 is 1.12 bits per heavy atom. The van der Waals surface area contributed by atoms with Crippen molar-refractivity contribution in [3.05, 3.63) is 54.4 Å². The molecule has 1 aromatic heterocycles. The fourth-order valence-electron chi connectivity index (χ4n) is 3.74. The molecule has 1 saturated heterocycles. The maximum atomic E-state index is 12.7. The molecule has 2 heterocycles. The van der Waals surface area contributed by atoms with Crippen LogP contribution in [0.3, 0.4) is 0 Å². The van der Waals surface area contributed by atoms with Crippen LogP contribution in [0, 0.1) is 0 Å². The predicted octanol–water partition coefficient (Wildman–Crippen LogP) is 3.49. The zero-order valence-electron chi connectivity index (χ0n) is 18.6. The Morgan fingerprint density at radius 3 is 2.55 bits per heavy atom. The molecule has 0 spiro atoms. The maximum Gasteiger partial charge on any atom is 0.260 e. The van der Waals surface area contributed by atoms with Gasteiger partial charge >= 0.3 is 0 Å². The van der Waals surface area contributed by atoms with E-state index in [1.807, 2.05) is 12.1 Å². The van der Waals surface area contributed by atoms with Crippen LogP contribution in [0.2, 0.25) is 0 Å². The molecule has 1 aliphatic heterocycles. The lowest BCUT2D eigenvalue weighted by atomic mass is 9.98. The number of amides is 2. The molecule has 33 heavy (non-hydrogen) atoms. The molecule has 3 aromatic rings. The van der Waals surface area contributed by atoms with Crippen molar-refractivity contribution < 1.29 is 23.6 Å². The second-order valence-electron chi connectivity index (χ2n) is 7.86. The lowest BCUT2D eigenvalue weighted by molar-refractivity contribution is -0.134. The highest BCUT2D eigenvalue weighted by atomic mass is 16.5. The van der Waals surface area contributed by atoms with E-state index in [9.17, 15) is 9.59 Å². The smallest absolute Gasteiger partial charge is 0.260 e. The molecule has 1 N–H and O–H groups in total. The first-order valence-electron chi connectivity index (χ1n) is 10.8. The first-order valence-corrected chi connectivity index (χ1v) is 10.8. The van der Waals surface area contributed by atoms with E-state index in [1.165, 1.54) is 6.92 Å². The molecule has 0 bridgehead atoms. The van der Waals surface area contributed by atoms with Crippen LogP contribution in [0.15, 0.2) is 53.1 Å². The average molecular weight is 450 g/mol. The lowest BCUT2D eigenvalue weighted by Crippen LogP contribution is -2.41. The molecule has 4 rings (SSSR count).